The molecule has 2 aliphatic carbocycles. The molecule has 3 aromatic heterocycles. The number of pyridine rings is 2. The molecule has 3 aromatic rings. The summed E-state index contributed by atoms with van der Waals surface area (Å²) < 4.78 is 14.9. The van der Waals surface area contributed by atoms with Crippen molar-refractivity contribution in [3.63, 3.8) is 0 Å². The van der Waals surface area contributed by atoms with Crippen molar-refractivity contribution in [2.45, 2.75) is 63.0 Å². The molecule has 1 amide bonds. The van der Waals surface area contributed by atoms with Gasteiger partial charge in [-0.05, 0) is 43.7 Å². The molecule has 2 fully saturated rings. The van der Waals surface area contributed by atoms with Crippen LogP contribution in [0.25, 0.3) is 11.2 Å². The lowest BCUT2D eigenvalue weighted by molar-refractivity contribution is -0.0325. The van der Waals surface area contributed by atoms with Crippen LogP contribution in [0, 0.1) is 0 Å². The largest absolute Gasteiger partial charge is 0.386 e. The summed E-state index contributed by atoms with van der Waals surface area (Å²) in [5, 5.41) is 9.38. The van der Waals surface area contributed by atoms with Crippen LogP contribution in [0.4, 0.5) is 22.0 Å². The number of amides is 1. The number of aromatic nitrogens is 4. The molecule has 0 radical (unpaired) electrons. The molecule has 3 N–H and O–H groups in total. The van der Waals surface area contributed by atoms with E-state index in [4.69, 9.17) is 9.47 Å². The van der Waals surface area contributed by atoms with Crippen LogP contribution in [0.1, 0.15) is 43.7 Å². The van der Waals surface area contributed by atoms with Crippen LogP contribution in [-0.2, 0) is 16.1 Å². The quantitative estimate of drug-likeness (QED) is 0.524. The number of ether oxygens (including phenoxy) is 2. The molecule has 0 aromatic carbocycles. The molecule has 0 spiro atoms. The number of nitrogens with zero attached hydrogens (tertiary/aromatic N) is 4. The van der Waals surface area contributed by atoms with Gasteiger partial charge in [0, 0.05) is 32.5 Å². The summed E-state index contributed by atoms with van der Waals surface area (Å²) in [6.07, 6.45) is 7.75. The molecule has 35 heavy (non-hydrogen) atoms. The highest BCUT2D eigenvalue weighted by Crippen LogP contribution is 2.32. The molecule has 0 unspecified atom stereocenters. The molecule has 11 nitrogen and oxygen atoms in total. The summed E-state index contributed by atoms with van der Waals surface area (Å²) in [5.41, 5.74) is 2.87. The van der Waals surface area contributed by atoms with Gasteiger partial charge in [-0.1, -0.05) is 0 Å². The third-order valence-electron chi connectivity index (χ3n) is 7.42. The lowest BCUT2D eigenvalue weighted by Gasteiger charge is -2.36. The molecule has 3 aliphatic rings. The maximum absolute atomic E-state index is 13.6. The molecule has 0 saturated heterocycles. The lowest BCUT2D eigenvalue weighted by Crippen LogP contribution is -2.52. The Balaban J connectivity index is 1.48. The first-order valence-electron chi connectivity index (χ1n) is 12.1. The van der Waals surface area contributed by atoms with E-state index < -0.39 is 0 Å². The van der Waals surface area contributed by atoms with E-state index in [2.05, 4.69) is 25.9 Å². The minimum absolute atomic E-state index is 0.0623. The van der Waals surface area contributed by atoms with E-state index in [9.17, 15) is 9.59 Å². The summed E-state index contributed by atoms with van der Waals surface area (Å²) in [4.78, 5) is 35.6. The van der Waals surface area contributed by atoms with Crippen molar-refractivity contribution in [3.8, 4) is 0 Å². The van der Waals surface area contributed by atoms with Crippen molar-refractivity contribution in [1.29, 1.82) is 0 Å². The van der Waals surface area contributed by atoms with Crippen LogP contribution in [0.2, 0.25) is 0 Å². The molecule has 11 heteroatoms. The van der Waals surface area contributed by atoms with Crippen molar-refractivity contribution in [1.82, 2.24) is 24.4 Å². The van der Waals surface area contributed by atoms with Crippen LogP contribution in [-0.4, -0.2) is 57.5 Å². The number of anilines is 3. The number of carbonyl (C=O) groups is 1. The average Bonchev–Trinajstić information content (AvgIpc) is 3.50. The van der Waals surface area contributed by atoms with Crippen LogP contribution in [0.5, 0.6) is 0 Å². The first kappa shape index (κ1) is 22.1. The van der Waals surface area contributed by atoms with E-state index in [1.54, 1.807) is 20.2 Å². The second-order valence-corrected chi connectivity index (χ2v) is 9.50. The molecular weight excluding hydrogens is 450 g/mol. The van der Waals surface area contributed by atoms with Gasteiger partial charge in [0.15, 0.2) is 5.65 Å². The zero-order valence-corrected chi connectivity index (χ0v) is 19.8. The van der Waals surface area contributed by atoms with E-state index in [0.29, 0.717) is 35.0 Å². The van der Waals surface area contributed by atoms with Crippen molar-refractivity contribution in [3.05, 3.63) is 40.6 Å². The fourth-order valence-corrected chi connectivity index (χ4v) is 5.28. The van der Waals surface area contributed by atoms with Crippen molar-refractivity contribution in [2.24, 2.45) is 0 Å². The van der Waals surface area contributed by atoms with E-state index in [1.165, 1.54) is 10.9 Å². The van der Waals surface area contributed by atoms with Gasteiger partial charge in [0.05, 0.1) is 30.5 Å². The Morgan fingerprint density at radius 2 is 2.09 bits per heavy atom. The van der Waals surface area contributed by atoms with Gasteiger partial charge >= 0.3 is 6.03 Å². The SMILES string of the molecule is CNc1cc2nc3c1ncn3C(=O)N[C@@H]1CC[C@H]1OCc1cc(c(=O)n([C@H]3CC[C@H](OC)C3)c1)N2. The van der Waals surface area contributed by atoms with Crippen LogP contribution in [0.3, 0.4) is 0 Å². The normalized spacial score (nSPS) is 25.9. The maximum atomic E-state index is 13.6. The van der Waals surface area contributed by atoms with Gasteiger partial charge in [-0.25, -0.2) is 19.3 Å². The minimum atomic E-state index is -0.302. The number of hydrogen-bond donors (Lipinski definition) is 3. The van der Waals surface area contributed by atoms with E-state index in [-0.39, 0.29) is 35.9 Å². The van der Waals surface area contributed by atoms with Crippen LogP contribution in [0.15, 0.2) is 29.5 Å². The third kappa shape index (κ3) is 3.84. The molecule has 1 aliphatic heterocycles. The van der Waals surface area contributed by atoms with Gasteiger partial charge in [0.1, 0.15) is 23.3 Å². The number of nitrogens with one attached hydrogen (secondary N) is 3. The molecule has 4 heterocycles. The Labute approximate surface area is 201 Å². The van der Waals surface area contributed by atoms with Gasteiger partial charge in [-0.15, -0.1) is 0 Å². The number of carbonyl (C=O) groups excluding carboxylic acids is 1. The second kappa shape index (κ2) is 8.65. The first-order valence-corrected chi connectivity index (χ1v) is 12.1. The Bertz CT molecular complexity index is 1350. The van der Waals surface area contributed by atoms with E-state index >= 15 is 0 Å². The predicted molar refractivity (Wildman–Crippen MR) is 130 cm³/mol. The first-order chi connectivity index (χ1) is 17.0. The van der Waals surface area contributed by atoms with E-state index in [0.717, 1.165) is 37.7 Å². The summed E-state index contributed by atoms with van der Waals surface area (Å²) in [6.45, 7) is 0.344. The summed E-state index contributed by atoms with van der Waals surface area (Å²) in [6, 6.07) is 3.30. The topological polar surface area (TPSA) is 124 Å². The maximum Gasteiger partial charge on any atom is 0.328 e. The Morgan fingerprint density at radius 1 is 1.20 bits per heavy atom. The molecular formula is C24H29N7O4. The molecule has 2 saturated carbocycles. The molecule has 4 atom stereocenters. The summed E-state index contributed by atoms with van der Waals surface area (Å²) in [5.74, 6) is 0.442. The molecule has 6 rings (SSSR count). The highest BCUT2D eigenvalue weighted by Gasteiger charge is 2.34. The Morgan fingerprint density at radius 3 is 2.83 bits per heavy atom. The predicted octanol–water partition coefficient (Wildman–Crippen LogP) is 2.74. The van der Waals surface area contributed by atoms with Gasteiger partial charge in [-0.3, -0.25) is 4.79 Å². The van der Waals surface area contributed by atoms with Crippen LogP contribution >= 0.6 is 0 Å². The van der Waals surface area contributed by atoms with Crippen LogP contribution < -0.4 is 21.5 Å². The van der Waals surface area contributed by atoms with Crippen molar-refractivity contribution < 1.29 is 14.3 Å². The number of rotatable bonds is 3. The highest BCUT2D eigenvalue weighted by atomic mass is 16.5. The fraction of sp³-hybridized carbons (Fsp3) is 0.500. The van der Waals surface area contributed by atoms with Crippen molar-refractivity contribution in [2.75, 3.05) is 24.8 Å². The minimum Gasteiger partial charge on any atom is -0.386 e. The number of imidazole rings is 1. The monoisotopic (exact) mass is 479 g/mol. The fourth-order valence-electron chi connectivity index (χ4n) is 5.28. The third-order valence-corrected chi connectivity index (χ3v) is 7.42. The zero-order valence-electron chi connectivity index (χ0n) is 19.8. The second-order valence-electron chi connectivity index (χ2n) is 9.50. The van der Waals surface area contributed by atoms with Gasteiger partial charge in [0.2, 0.25) is 0 Å². The summed E-state index contributed by atoms with van der Waals surface area (Å²) >= 11 is 0. The number of hydrogen-bond acceptors (Lipinski definition) is 8. The van der Waals surface area contributed by atoms with Gasteiger partial charge < -0.3 is 30.0 Å². The Hall–Kier alpha value is -3.44. The molecule has 4 bridgehead atoms. The van der Waals surface area contributed by atoms with Gasteiger partial charge in [-0.2, -0.15) is 0 Å². The summed E-state index contributed by atoms with van der Waals surface area (Å²) in [7, 11) is 3.50. The number of fused-ring (bicyclic) bond motifs is 4. The Kier molecular flexibility index (Phi) is 5.45. The standard InChI is InChI=1S/C24H29N7O4/c1-25-17-9-20-27-18-7-13(10-30(23(18)32)14-3-4-15(8-14)34-2)11-35-19-6-5-16(19)28-24(33)31-12-26-21(17)22(31)29-20/h7,9-10,12,14-16,19H,3-6,8,11H2,1-2H3,(H,28,33)(H2,25,27,29)/t14-,15-,16+,19+/m0/s1. The van der Waals surface area contributed by atoms with Gasteiger partial charge in [0.25, 0.3) is 5.56 Å². The zero-order chi connectivity index (χ0) is 24.1. The average molecular weight is 480 g/mol. The number of methoxy groups -OCH3 is 1. The van der Waals surface area contributed by atoms with E-state index in [1.807, 2.05) is 16.8 Å². The molecule has 184 valence electrons. The smallest absolute Gasteiger partial charge is 0.328 e. The van der Waals surface area contributed by atoms with Crippen molar-refractivity contribution >= 4 is 34.4 Å². The highest BCUT2D eigenvalue weighted by molar-refractivity contribution is 5.94. The lowest BCUT2D eigenvalue weighted by atomic mass is 9.89.